The van der Waals surface area contributed by atoms with Crippen LogP contribution in [-0.4, -0.2) is 12.0 Å². The predicted octanol–water partition coefficient (Wildman–Crippen LogP) is 3.89. The van der Waals surface area contributed by atoms with E-state index in [4.69, 9.17) is 4.98 Å². The molecule has 0 saturated heterocycles. The highest BCUT2D eigenvalue weighted by Gasteiger charge is 2.22. The van der Waals surface area contributed by atoms with Crippen molar-refractivity contribution < 1.29 is 4.39 Å². The third kappa shape index (κ3) is 3.64. The van der Waals surface area contributed by atoms with Crippen LogP contribution in [0, 0.1) is 5.82 Å². The van der Waals surface area contributed by atoms with Crippen LogP contribution in [0.15, 0.2) is 24.3 Å². The van der Waals surface area contributed by atoms with Crippen molar-refractivity contribution in [3.05, 3.63) is 51.2 Å². The van der Waals surface area contributed by atoms with E-state index >= 15 is 0 Å². The highest BCUT2D eigenvalue weighted by molar-refractivity contribution is 7.11. The minimum absolute atomic E-state index is 0.0306. The molecule has 1 aromatic heterocycles. The smallest absolute Gasteiger partial charge is 0.123 e. The van der Waals surface area contributed by atoms with Crippen LogP contribution in [0.2, 0.25) is 0 Å². The molecule has 1 N–H and O–H groups in total. The second kappa shape index (κ2) is 6.02. The maximum Gasteiger partial charge on any atom is 0.123 e. The van der Waals surface area contributed by atoms with Crippen LogP contribution >= 0.6 is 11.3 Å². The molecule has 0 spiro atoms. The van der Waals surface area contributed by atoms with Gasteiger partial charge in [-0.1, -0.05) is 32.9 Å². The Kier molecular flexibility index (Phi) is 4.55. The van der Waals surface area contributed by atoms with Gasteiger partial charge in [0.05, 0.1) is 10.7 Å². The summed E-state index contributed by atoms with van der Waals surface area (Å²) < 4.78 is 13.2. The SMILES string of the molecule is CNCc1sc(Cc2cccc(F)c2)nc1C(C)(C)C. The van der Waals surface area contributed by atoms with E-state index in [1.807, 2.05) is 13.1 Å². The van der Waals surface area contributed by atoms with Crippen LogP contribution in [0.25, 0.3) is 0 Å². The number of benzene rings is 1. The molecular weight excluding hydrogens is 271 g/mol. The summed E-state index contributed by atoms with van der Waals surface area (Å²) in [5.74, 6) is -0.189. The van der Waals surface area contributed by atoms with Crippen molar-refractivity contribution >= 4 is 11.3 Å². The Hall–Kier alpha value is -1.26. The van der Waals surface area contributed by atoms with Gasteiger partial charge in [-0.05, 0) is 24.7 Å². The molecule has 0 amide bonds. The van der Waals surface area contributed by atoms with Crippen molar-refractivity contribution in [2.45, 2.75) is 39.2 Å². The summed E-state index contributed by atoms with van der Waals surface area (Å²) in [6.07, 6.45) is 0.690. The first-order valence-corrected chi connectivity index (χ1v) is 7.60. The fraction of sp³-hybridized carbons (Fsp3) is 0.438. The average molecular weight is 292 g/mol. The molecule has 2 aromatic rings. The van der Waals surface area contributed by atoms with E-state index in [9.17, 15) is 4.39 Å². The molecule has 0 radical (unpaired) electrons. The number of aromatic nitrogens is 1. The molecular formula is C16H21FN2S. The molecule has 2 rings (SSSR count). The monoisotopic (exact) mass is 292 g/mol. The Morgan fingerprint density at radius 2 is 2.05 bits per heavy atom. The molecule has 0 fully saturated rings. The van der Waals surface area contributed by atoms with E-state index in [0.717, 1.165) is 22.8 Å². The fourth-order valence-corrected chi connectivity index (χ4v) is 3.49. The van der Waals surface area contributed by atoms with E-state index in [1.54, 1.807) is 23.5 Å². The van der Waals surface area contributed by atoms with Gasteiger partial charge in [-0.15, -0.1) is 11.3 Å². The Morgan fingerprint density at radius 3 is 2.65 bits per heavy atom. The Morgan fingerprint density at radius 1 is 1.30 bits per heavy atom. The van der Waals surface area contributed by atoms with Crippen LogP contribution in [-0.2, 0) is 18.4 Å². The molecule has 0 aliphatic carbocycles. The van der Waals surface area contributed by atoms with Crippen molar-refractivity contribution in [2.24, 2.45) is 0 Å². The van der Waals surface area contributed by atoms with Crippen LogP contribution in [0.5, 0.6) is 0 Å². The summed E-state index contributed by atoms with van der Waals surface area (Å²) in [4.78, 5) is 6.05. The molecule has 2 nitrogen and oxygen atoms in total. The van der Waals surface area contributed by atoms with Gasteiger partial charge in [-0.3, -0.25) is 0 Å². The van der Waals surface area contributed by atoms with Gasteiger partial charge in [-0.25, -0.2) is 9.37 Å². The molecule has 108 valence electrons. The maximum atomic E-state index is 13.2. The number of nitrogens with one attached hydrogen (secondary N) is 1. The van der Waals surface area contributed by atoms with E-state index in [2.05, 4.69) is 26.1 Å². The highest BCUT2D eigenvalue weighted by Crippen LogP contribution is 2.30. The predicted molar refractivity (Wildman–Crippen MR) is 82.8 cm³/mol. The van der Waals surface area contributed by atoms with Gasteiger partial charge in [0.15, 0.2) is 0 Å². The molecule has 0 saturated carbocycles. The first-order valence-electron chi connectivity index (χ1n) is 6.78. The summed E-state index contributed by atoms with van der Waals surface area (Å²) in [5, 5.41) is 4.24. The zero-order valence-corrected chi connectivity index (χ0v) is 13.3. The van der Waals surface area contributed by atoms with Crippen molar-refractivity contribution in [1.82, 2.24) is 10.3 Å². The highest BCUT2D eigenvalue weighted by atomic mass is 32.1. The standard InChI is InChI=1S/C16H21FN2S/c1-16(2,3)15-13(10-18-4)20-14(19-15)9-11-6-5-7-12(17)8-11/h5-8,18H,9-10H2,1-4H3. The van der Waals surface area contributed by atoms with Gasteiger partial charge in [-0.2, -0.15) is 0 Å². The third-order valence-electron chi connectivity index (χ3n) is 3.03. The van der Waals surface area contributed by atoms with Crippen LogP contribution < -0.4 is 5.32 Å². The van der Waals surface area contributed by atoms with Crippen molar-refractivity contribution in [2.75, 3.05) is 7.05 Å². The molecule has 0 aliphatic rings. The van der Waals surface area contributed by atoms with Gasteiger partial charge in [0.2, 0.25) is 0 Å². The zero-order valence-electron chi connectivity index (χ0n) is 12.5. The van der Waals surface area contributed by atoms with Crippen molar-refractivity contribution in [3.8, 4) is 0 Å². The third-order valence-corrected chi connectivity index (χ3v) is 4.09. The molecule has 0 unspecified atom stereocenters. The Labute approximate surface area is 124 Å². The van der Waals surface area contributed by atoms with Crippen LogP contribution in [0.3, 0.4) is 0 Å². The molecule has 0 aliphatic heterocycles. The number of rotatable bonds is 4. The molecule has 4 heteroatoms. The van der Waals surface area contributed by atoms with E-state index in [0.29, 0.717) is 6.42 Å². The first kappa shape index (κ1) is 15.1. The molecule has 0 atom stereocenters. The normalized spacial score (nSPS) is 11.8. The average Bonchev–Trinajstić information content (AvgIpc) is 2.72. The lowest BCUT2D eigenvalue weighted by Crippen LogP contribution is -2.16. The lowest BCUT2D eigenvalue weighted by Gasteiger charge is -2.17. The van der Waals surface area contributed by atoms with Gasteiger partial charge >= 0.3 is 0 Å². The second-order valence-electron chi connectivity index (χ2n) is 5.97. The molecule has 1 heterocycles. The molecule has 1 aromatic carbocycles. The number of hydrogen-bond acceptors (Lipinski definition) is 3. The summed E-state index contributed by atoms with van der Waals surface area (Å²) in [6, 6.07) is 6.74. The maximum absolute atomic E-state index is 13.2. The number of thiazole rings is 1. The van der Waals surface area contributed by atoms with Crippen LogP contribution in [0.1, 0.15) is 41.9 Å². The van der Waals surface area contributed by atoms with Crippen molar-refractivity contribution in [3.63, 3.8) is 0 Å². The number of hydrogen-bond donors (Lipinski definition) is 1. The zero-order chi connectivity index (χ0) is 14.8. The van der Waals surface area contributed by atoms with Gasteiger partial charge < -0.3 is 5.32 Å². The second-order valence-corrected chi connectivity index (χ2v) is 7.13. The fourth-order valence-electron chi connectivity index (χ4n) is 2.16. The number of nitrogens with zero attached hydrogens (tertiary/aromatic N) is 1. The summed E-state index contributed by atoms with van der Waals surface area (Å²) >= 11 is 1.72. The largest absolute Gasteiger partial charge is 0.315 e. The van der Waals surface area contributed by atoms with E-state index in [1.165, 1.54) is 10.9 Å². The minimum atomic E-state index is -0.189. The molecule has 0 bridgehead atoms. The summed E-state index contributed by atoms with van der Waals surface area (Å²) in [6.45, 7) is 7.35. The summed E-state index contributed by atoms with van der Waals surface area (Å²) in [5.41, 5.74) is 2.14. The van der Waals surface area contributed by atoms with Gasteiger partial charge in [0, 0.05) is 23.3 Å². The van der Waals surface area contributed by atoms with E-state index in [-0.39, 0.29) is 11.2 Å². The van der Waals surface area contributed by atoms with Crippen molar-refractivity contribution in [1.29, 1.82) is 0 Å². The minimum Gasteiger partial charge on any atom is -0.315 e. The number of halogens is 1. The molecule has 20 heavy (non-hydrogen) atoms. The first-order chi connectivity index (χ1) is 9.40. The summed E-state index contributed by atoms with van der Waals surface area (Å²) in [7, 11) is 1.94. The van der Waals surface area contributed by atoms with Crippen LogP contribution in [0.4, 0.5) is 4.39 Å². The van der Waals surface area contributed by atoms with Gasteiger partial charge in [0.1, 0.15) is 5.82 Å². The quantitative estimate of drug-likeness (QED) is 0.924. The van der Waals surface area contributed by atoms with Gasteiger partial charge in [0.25, 0.3) is 0 Å². The Balaban J connectivity index is 2.29. The topological polar surface area (TPSA) is 24.9 Å². The lowest BCUT2D eigenvalue weighted by atomic mass is 9.91. The Bertz CT molecular complexity index is 584. The van der Waals surface area contributed by atoms with E-state index < -0.39 is 0 Å². The lowest BCUT2D eigenvalue weighted by molar-refractivity contribution is 0.561.